The lowest BCUT2D eigenvalue weighted by atomic mass is 9.45. The van der Waals surface area contributed by atoms with Gasteiger partial charge < -0.3 is 15.2 Å². The Kier molecular flexibility index (Phi) is 6.92. The Morgan fingerprint density at radius 2 is 1.84 bits per heavy atom. The predicted molar refractivity (Wildman–Crippen MR) is 153 cm³/mol. The number of ketones is 1. The lowest BCUT2D eigenvalue weighted by Gasteiger charge is -2.59. The van der Waals surface area contributed by atoms with Crippen LogP contribution in [0.2, 0.25) is 0 Å². The third-order valence-electron chi connectivity index (χ3n) is 10.2. The number of anilines is 1. The molecule has 0 saturated heterocycles. The fraction of sp³-hybridized carbons (Fsp3) is 0.647. The van der Waals surface area contributed by atoms with Crippen LogP contribution in [-0.2, 0) is 9.59 Å². The number of rotatable bonds is 4. The molecule has 3 saturated carbocycles. The third kappa shape index (κ3) is 4.66. The quantitative estimate of drug-likeness (QED) is 0.353. The average molecular weight is 516 g/mol. The van der Waals surface area contributed by atoms with E-state index in [2.05, 4.69) is 83.0 Å². The lowest BCUT2D eigenvalue weighted by molar-refractivity contribution is -0.121. The van der Waals surface area contributed by atoms with E-state index in [1.165, 1.54) is 5.56 Å². The maximum atomic E-state index is 12.4. The first-order chi connectivity index (χ1) is 17.8. The lowest BCUT2D eigenvalue weighted by Crippen LogP contribution is -2.55. The summed E-state index contributed by atoms with van der Waals surface area (Å²) in [7, 11) is 0. The van der Waals surface area contributed by atoms with Crippen molar-refractivity contribution in [3.63, 3.8) is 0 Å². The first-order valence-corrected chi connectivity index (χ1v) is 14.7. The summed E-state index contributed by atoms with van der Waals surface area (Å²) >= 11 is 0. The SMILES string of the molecule is CC(C)Nc1ccc([C@H]2C[C@@]3(C)[C@@H](CC[C@@]3(O)C#CC(C)(C)C)[C@@H]3C[C@@H](C=O)C4=CC(=O)CC[C@@H]4[C@H]32)cc1. The second kappa shape index (κ2) is 9.67. The Hall–Kier alpha value is -2.38. The van der Waals surface area contributed by atoms with Gasteiger partial charge in [0.15, 0.2) is 5.78 Å². The second-order valence-electron chi connectivity index (χ2n) is 14.1. The van der Waals surface area contributed by atoms with Gasteiger partial charge in [-0.1, -0.05) is 36.5 Å². The number of hydrogen-bond acceptors (Lipinski definition) is 4. The van der Waals surface area contributed by atoms with Crippen LogP contribution in [0.5, 0.6) is 0 Å². The van der Waals surface area contributed by atoms with Crippen molar-refractivity contribution in [2.75, 3.05) is 5.32 Å². The minimum atomic E-state index is -1.04. The van der Waals surface area contributed by atoms with Gasteiger partial charge in [-0.3, -0.25) is 4.79 Å². The molecule has 4 heteroatoms. The number of benzene rings is 1. The molecular weight excluding hydrogens is 470 g/mol. The molecule has 0 spiro atoms. The highest BCUT2D eigenvalue weighted by Gasteiger charge is 2.65. The number of allylic oxidation sites excluding steroid dienone is 1. The van der Waals surface area contributed by atoms with Gasteiger partial charge in [0.05, 0.1) is 0 Å². The number of carbonyl (C=O) groups excluding carboxylic acids is 2. The van der Waals surface area contributed by atoms with Crippen LogP contribution < -0.4 is 5.32 Å². The number of hydrogen-bond donors (Lipinski definition) is 2. The summed E-state index contributed by atoms with van der Waals surface area (Å²) in [6.07, 6.45) is 7.55. The van der Waals surface area contributed by atoms with Crippen LogP contribution in [0.25, 0.3) is 0 Å². The predicted octanol–water partition coefficient (Wildman–Crippen LogP) is 6.55. The zero-order valence-electron chi connectivity index (χ0n) is 24.0. The molecule has 0 radical (unpaired) electrons. The van der Waals surface area contributed by atoms with Crippen molar-refractivity contribution in [1.82, 2.24) is 0 Å². The largest absolute Gasteiger partial charge is 0.383 e. The number of fused-ring (bicyclic) bond motifs is 5. The van der Waals surface area contributed by atoms with E-state index in [1.807, 2.05) is 6.08 Å². The second-order valence-corrected chi connectivity index (χ2v) is 14.1. The van der Waals surface area contributed by atoms with E-state index in [-0.39, 0.29) is 34.4 Å². The Morgan fingerprint density at radius 1 is 1.13 bits per heavy atom. The number of carbonyl (C=O) groups is 2. The van der Waals surface area contributed by atoms with E-state index < -0.39 is 5.60 Å². The molecule has 1 aromatic rings. The molecule has 204 valence electrons. The molecule has 1 aromatic carbocycles. The van der Waals surface area contributed by atoms with Crippen molar-refractivity contribution in [2.45, 2.75) is 97.6 Å². The van der Waals surface area contributed by atoms with Crippen molar-refractivity contribution in [3.05, 3.63) is 41.5 Å². The van der Waals surface area contributed by atoms with Crippen LogP contribution in [0.3, 0.4) is 0 Å². The van der Waals surface area contributed by atoms with Crippen molar-refractivity contribution in [2.24, 2.45) is 40.4 Å². The third-order valence-corrected chi connectivity index (χ3v) is 10.2. The minimum Gasteiger partial charge on any atom is -0.383 e. The minimum absolute atomic E-state index is 0.163. The van der Waals surface area contributed by atoms with Gasteiger partial charge in [0.1, 0.15) is 11.9 Å². The van der Waals surface area contributed by atoms with E-state index in [0.717, 1.165) is 43.2 Å². The number of aliphatic hydroxyl groups is 1. The topological polar surface area (TPSA) is 66.4 Å². The average Bonchev–Trinajstić information content (AvgIpc) is 3.12. The summed E-state index contributed by atoms with van der Waals surface area (Å²) in [5.41, 5.74) is 1.91. The summed E-state index contributed by atoms with van der Waals surface area (Å²) in [6.45, 7) is 12.8. The molecule has 0 heterocycles. The van der Waals surface area contributed by atoms with Gasteiger partial charge in [0, 0.05) is 34.9 Å². The monoisotopic (exact) mass is 515 g/mol. The molecular formula is C34H45NO3. The Labute approximate surface area is 229 Å². The van der Waals surface area contributed by atoms with Crippen molar-refractivity contribution >= 4 is 17.8 Å². The van der Waals surface area contributed by atoms with E-state index in [1.54, 1.807) is 0 Å². The Balaban J connectivity index is 1.61. The summed E-state index contributed by atoms with van der Waals surface area (Å²) in [5.74, 6) is 8.23. The highest BCUT2D eigenvalue weighted by Crippen LogP contribution is 2.68. The first-order valence-electron chi connectivity index (χ1n) is 14.7. The molecule has 0 aromatic heterocycles. The van der Waals surface area contributed by atoms with Gasteiger partial charge in [-0.15, -0.1) is 0 Å². The van der Waals surface area contributed by atoms with Gasteiger partial charge in [0.2, 0.25) is 0 Å². The van der Waals surface area contributed by atoms with Crippen LogP contribution >= 0.6 is 0 Å². The van der Waals surface area contributed by atoms with Crippen molar-refractivity contribution < 1.29 is 14.7 Å². The first kappa shape index (κ1) is 27.2. The summed E-state index contributed by atoms with van der Waals surface area (Å²) in [6, 6.07) is 9.23. The van der Waals surface area contributed by atoms with E-state index in [4.69, 9.17) is 0 Å². The van der Waals surface area contributed by atoms with E-state index in [9.17, 15) is 14.7 Å². The summed E-state index contributed by atoms with van der Waals surface area (Å²) < 4.78 is 0. The molecule has 0 bridgehead atoms. The molecule has 5 rings (SSSR count). The Bertz CT molecular complexity index is 1180. The maximum Gasteiger partial charge on any atom is 0.155 e. The zero-order chi connectivity index (χ0) is 27.5. The van der Waals surface area contributed by atoms with E-state index in [0.29, 0.717) is 36.6 Å². The van der Waals surface area contributed by atoms with Crippen molar-refractivity contribution in [3.8, 4) is 11.8 Å². The van der Waals surface area contributed by atoms with Crippen LogP contribution in [0, 0.1) is 52.3 Å². The highest BCUT2D eigenvalue weighted by atomic mass is 16.3. The molecule has 3 fully saturated rings. The molecule has 0 unspecified atom stereocenters. The standard InChI is InChI=1S/C34H45NO3/c1-21(2)35-24-9-7-22(8-10-24)29-19-33(6)30(13-14-34(33,38)16-15-32(3,4)5)28-17-23(20-36)27-18-25(37)11-12-26(27)31(28)29/h7-10,18,20-21,23,26,28-31,35,38H,11-14,17,19H2,1-6H3/t23-,26-,28-,29+,30-,31+,33-,34+/m0/s1. The smallest absolute Gasteiger partial charge is 0.155 e. The highest BCUT2D eigenvalue weighted by molar-refractivity contribution is 5.92. The molecule has 8 atom stereocenters. The van der Waals surface area contributed by atoms with Gasteiger partial charge in [-0.2, -0.15) is 0 Å². The molecule has 38 heavy (non-hydrogen) atoms. The molecule has 2 N–H and O–H groups in total. The summed E-state index contributed by atoms with van der Waals surface area (Å²) in [5, 5.41) is 15.7. The molecule has 4 aliphatic carbocycles. The normalized spacial score (nSPS) is 38.3. The van der Waals surface area contributed by atoms with Crippen LogP contribution in [0.1, 0.15) is 91.5 Å². The van der Waals surface area contributed by atoms with Gasteiger partial charge in [-0.05, 0) is 120 Å². The van der Waals surface area contributed by atoms with Crippen LogP contribution in [0.15, 0.2) is 35.9 Å². The molecule has 4 nitrogen and oxygen atoms in total. The molecule has 0 aliphatic heterocycles. The van der Waals surface area contributed by atoms with Gasteiger partial charge in [0.25, 0.3) is 0 Å². The molecule has 0 amide bonds. The fourth-order valence-electron chi connectivity index (χ4n) is 8.53. The summed E-state index contributed by atoms with van der Waals surface area (Å²) in [4.78, 5) is 24.8. The zero-order valence-corrected chi connectivity index (χ0v) is 24.0. The van der Waals surface area contributed by atoms with Crippen molar-refractivity contribution in [1.29, 1.82) is 0 Å². The number of nitrogens with one attached hydrogen (secondary N) is 1. The maximum absolute atomic E-state index is 12.4. The molecule has 4 aliphatic rings. The fourth-order valence-corrected chi connectivity index (χ4v) is 8.53. The number of aldehydes is 1. The van der Waals surface area contributed by atoms with E-state index >= 15 is 0 Å². The van der Waals surface area contributed by atoms with Gasteiger partial charge in [-0.25, -0.2) is 0 Å². The Morgan fingerprint density at radius 3 is 2.47 bits per heavy atom. The van der Waals surface area contributed by atoms with Crippen LogP contribution in [-0.4, -0.2) is 28.8 Å². The van der Waals surface area contributed by atoms with Crippen LogP contribution in [0.4, 0.5) is 5.69 Å². The van der Waals surface area contributed by atoms with Gasteiger partial charge >= 0.3 is 0 Å².